The molecule has 1 aliphatic rings. The lowest BCUT2D eigenvalue weighted by atomic mass is 9.88. The summed E-state index contributed by atoms with van der Waals surface area (Å²) in [7, 11) is 2.08. The van der Waals surface area contributed by atoms with Crippen LogP contribution in [0.15, 0.2) is 24.4 Å². The first kappa shape index (κ1) is 13.5. The second-order valence-corrected chi connectivity index (χ2v) is 5.38. The van der Waals surface area contributed by atoms with Crippen molar-refractivity contribution < 1.29 is 5.11 Å². The Morgan fingerprint density at radius 2 is 2.39 bits per heavy atom. The van der Waals surface area contributed by atoms with E-state index in [0.717, 1.165) is 38.2 Å². The summed E-state index contributed by atoms with van der Waals surface area (Å²) in [5.74, 6) is 0. The number of aromatic nitrogens is 1. The van der Waals surface area contributed by atoms with Crippen molar-refractivity contribution in [1.82, 2.24) is 15.2 Å². The molecule has 0 radical (unpaired) electrons. The van der Waals surface area contributed by atoms with E-state index in [1.165, 1.54) is 0 Å². The summed E-state index contributed by atoms with van der Waals surface area (Å²) in [4.78, 5) is 6.56. The number of likely N-dealkylation sites (N-methyl/N-ethyl adjacent to an activating group) is 1. The predicted octanol–water partition coefficient (Wildman–Crippen LogP) is 0.669. The predicted molar refractivity (Wildman–Crippen MR) is 72.5 cm³/mol. The fourth-order valence-corrected chi connectivity index (χ4v) is 2.59. The van der Waals surface area contributed by atoms with Crippen molar-refractivity contribution in [2.75, 3.05) is 26.7 Å². The van der Waals surface area contributed by atoms with Crippen LogP contribution in [-0.4, -0.2) is 53.3 Å². The first-order chi connectivity index (χ1) is 8.59. The van der Waals surface area contributed by atoms with Crippen LogP contribution in [0.25, 0.3) is 0 Å². The van der Waals surface area contributed by atoms with Gasteiger partial charge in [0.2, 0.25) is 0 Å². The molecule has 1 saturated heterocycles. The molecular weight excluding hydrogens is 226 g/mol. The van der Waals surface area contributed by atoms with Crippen LogP contribution in [0.4, 0.5) is 0 Å². The maximum absolute atomic E-state index is 10.4. The lowest BCUT2D eigenvalue weighted by molar-refractivity contribution is -0.0446. The van der Waals surface area contributed by atoms with Gasteiger partial charge in [-0.3, -0.25) is 9.88 Å². The minimum absolute atomic E-state index is 0.176. The van der Waals surface area contributed by atoms with E-state index in [0.29, 0.717) is 0 Å². The van der Waals surface area contributed by atoms with Crippen LogP contribution in [0.2, 0.25) is 0 Å². The second-order valence-electron chi connectivity index (χ2n) is 5.38. The van der Waals surface area contributed by atoms with E-state index in [1.807, 2.05) is 31.3 Å². The third kappa shape index (κ3) is 3.28. The van der Waals surface area contributed by atoms with Gasteiger partial charge in [0.05, 0.1) is 11.6 Å². The van der Waals surface area contributed by atoms with Crippen molar-refractivity contribution in [2.24, 2.45) is 0 Å². The molecule has 1 aliphatic heterocycles. The summed E-state index contributed by atoms with van der Waals surface area (Å²) in [6, 6.07) is 6.17. The maximum Gasteiger partial charge on any atom is 0.0798 e. The standard InChI is InChI=1S/C14H23N3O/c1-14(18)7-9-15-11-13(14)17(2)10-6-12-5-3-4-8-16-12/h3-5,8,13,15,18H,6-7,9-11H2,1-2H3. The van der Waals surface area contributed by atoms with E-state index in [-0.39, 0.29) is 6.04 Å². The van der Waals surface area contributed by atoms with Crippen LogP contribution in [0.3, 0.4) is 0 Å². The number of hydrogen-bond acceptors (Lipinski definition) is 4. The average molecular weight is 249 g/mol. The molecule has 2 heterocycles. The molecule has 0 amide bonds. The Bertz CT molecular complexity index is 367. The summed E-state index contributed by atoms with van der Waals surface area (Å²) in [5.41, 5.74) is 0.511. The maximum atomic E-state index is 10.4. The Morgan fingerprint density at radius 1 is 1.56 bits per heavy atom. The minimum Gasteiger partial charge on any atom is -0.388 e. The molecule has 2 unspecified atom stereocenters. The molecule has 4 nitrogen and oxygen atoms in total. The quantitative estimate of drug-likeness (QED) is 0.823. The number of nitrogens with one attached hydrogen (secondary N) is 1. The smallest absolute Gasteiger partial charge is 0.0798 e. The third-order valence-corrected chi connectivity index (χ3v) is 3.84. The van der Waals surface area contributed by atoms with E-state index < -0.39 is 5.60 Å². The van der Waals surface area contributed by atoms with E-state index in [1.54, 1.807) is 0 Å². The summed E-state index contributed by atoms with van der Waals surface area (Å²) in [6.07, 6.45) is 3.56. The van der Waals surface area contributed by atoms with Gasteiger partial charge < -0.3 is 10.4 Å². The molecule has 1 aromatic heterocycles. The van der Waals surface area contributed by atoms with E-state index in [4.69, 9.17) is 0 Å². The zero-order valence-corrected chi connectivity index (χ0v) is 11.3. The van der Waals surface area contributed by atoms with Crippen LogP contribution in [-0.2, 0) is 6.42 Å². The van der Waals surface area contributed by atoms with Crippen molar-refractivity contribution in [3.8, 4) is 0 Å². The second kappa shape index (κ2) is 5.78. The molecule has 100 valence electrons. The first-order valence-electron chi connectivity index (χ1n) is 6.63. The van der Waals surface area contributed by atoms with Crippen LogP contribution < -0.4 is 5.32 Å². The van der Waals surface area contributed by atoms with Crippen LogP contribution in [0.1, 0.15) is 19.0 Å². The number of piperidine rings is 1. The van der Waals surface area contributed by atoms with Crippen LogP contribution in [0.5, 0.6) is 0 Å². The highest BCUT2D eigenvalue weighted by Crippen LogP contribution is 2.21. The molecule has 4 heteroatoms. The fourth-order valence-electron chi connectivity index (χ4n) is 2.59. The Balaban J connectivity index is 1.89. The topological polar surface area (TPSA) is 48.4 Å². The van der Waals surface area contributed by atoms with Crippen molar-refractivity contribution in [1.29, 1.82) is 0 Å². The Hall–Kier alpha value is -0.970. The van der Waals surface area contributed by atoms with Gasteiger partial charge in [0, 0.05) is 31.4 Å². The molecule has 0 bridgehead atoms. The van der Waals surface area contributed by atoms with Gasteiger partial charge in [0.1, 0.15) is 0 Å². The van der Waals surface area contributed by atoms with Gasteiger partial charge in [-0.05, 0) is 39.1 Å². The van der Waals surface area contributed by atoms with Gasteiger partial charge in [0.25, 0.3) is 0 Å². The monoisotopic (exact) mass is 249 g/mol. The van der Waals surface area contributed by atoms with Gasteiger partial charge in [-0.25, -0.2) is 0 Å². The highest BCUT2D eigenvalue weighted by molar-refractivity contribution is 5.04. The molecule has 1 aromatic rings. The van der Waals surface area contributed by atoms with E-state index >= 15 is 0 Å². The van der Waals surface area contributed by atoms with Crippen molar-refractivity contribution in [3.63, 3.8) is 0 Å². The van der Waals surface area contributed by atoms with Gasteiger partial charge in [-0.1, -0.05) is 6.07 Å². The molecule has 0 aliphatic carbocycles. The number of hydrogen-bond donors (Lipinski definition) is 2. The SMILES string of the molecule is CN(CCc1ccccn1)C1CNCCC1(C)O. The van der Waals surface area contributed by atoms with Crippen molar-refractivity contribution in [2.45, 2.75) is 31.4 Å². The molecule has 2 rings (SSSR count). The van der Waals surface area contributed by atoms with Crippen LogP contribution in [0, 0.1) is 0 Å². The number of aliphatic hydroxyl groups is 1. The molecule has 0 saturated carbocycles. The first-order valence-corrected chi connectivity index (χ1v) is 6.63. The molecular formula is C14H23N3O. The molecule has 2 atom stereocenters. The summed E-state index contributed by atoms with van der Waals surface area (Å²) in [5, 5.41) is 13.8. The lowest BCUT2D eigenvalue weighted by Gasteiger charge is -2.42. The number of rotatable bonds is 4. The highest BCUT2D eigenvalue weighted by atomic mass is 16.3. The highest BCUT2D eigenvalue weighted by Gasteiger charge is 2.36. The zero-order chi connectivity index (χ0) is 13.0. The number of nitrogens with zero attached hydrogens (tertiary/aromatic N) is 2. The summed E-state index contributed by atoms with van der Waals surface area (Å²) < 4.78 is 0. The summed E-state index contributed by atoms with van der Waals surface area (Å²) in [6.45, 7) is 4.61. The number of pyridine rings is 1. The van der Waals surface area contributed by atoms with E-state index in [2.05, 4.69) is 22.2 Å². The van der Waals surface area contributed by atoms with Gasteiger partial charge in [0.15, 0.2) is 0 Å². The zero-order valence-electron chi connectivity index (χ0n) is 11.3. The Kier molecular flexibility index (Phi) is 4.32. The average Bonchev–Trinajstić information content (AvgIpc) is 2.37. The van der Waals surface area contributed by atoms with Crippen molar-refractivity contribution >= 4 is 0 Å². The Labute approximate surface area is 109 Å². The van der Waals surface area contributed by atoms with Gasteiger partial charge in [-0.2, -0.15) is 0 Å². The minimum atomic E-state index is -0.593. The normalized spacial score (nSPS) is 28.6. The lowest BCUT2D eigenvalue weighted by Crippen LogP contribution is -2.59. The molecule has 18 heavy (non-hydrogen) atoms. The van der Waals surface area contributed by atoms with Gasteiger partial charge >= 0.3 is 0 Å². The van der Waals surface area contributed by atoms with Crippen molar-refractivity contribution in [3.05, 3.63) is 30.1 Å². The Morgan fingerprint density at radius 3 is 3.06 bits per heavy atom. The van der Waals surface area contributed by atoms with E-state index in [9.17, 15) is 5.11 Å². The third-order valence-electron chi connectivity index (χ3n) is 3.84. The largest absolute Gasteiger partial charge is 0.388 e. The van der Waals surface area contributed by atoms with Crippen LogP contribution >= 0.6 is 0 Å². The fraction of sp³-hybridized carbons (Fsp3) is 0.643. The molecule has 1 fully saturated rings. The molecule has 0 aromatic carbocycles. The van der Waals surface area contributed by atoms with Gasteiger partial charge in [-0.15, -0.1) is 0 Å². The molecule has 2 N–H and O–H groups in total. The molecule has 0 spiro atoms. The summed E-state index contributed by atoms with van der Waals surface area (Å²) >= 11 is 0.